The van der Waals surface area contributed by atoms with Crippen LogP contribution in [0.5, 0.6) is 0 Å². The molecule has 0 aliphatic heterocycles. The maximum Gasteiger partial charge on any atom is 0.251 e. The minimum atomic E-state index is -0.104. The summed E-state index contributed by atoms with van der Waals surface area (Å²) < 4.78 is 0. The first-order valence-electron chi connectivity index (χ1n) is 5.33. The largest absolute Gasteiger partial charge is 0.393 e. The second-order valence-electron chi connectivity index (χ2n) is 3.79. The number of rotatable bonds is 5. The van der Waals surface area contributed by atoms with Crippen molar-refractivity contribution in [1.29, 1.82) is 0 Å². The lowest BCUT2D eigenvalue weighted by molar-refractivity contribution is 0.0953. The molecule has 0 aliphatic rings. The van der Waals surface area contributed by atoms with Gasteiger partial charge < -0.3 is 11.1 Å². The molecule has 1 amide bonds. The summed E-state index contributed by atoms with van der Waals surface area (Å²) in [5, 5.41) is 3.47. The number of amides is 1. The van der Waals surface area contributed by atoms with Crippen LogP contribution in [0.1, 0.15) is 28.8 Å². The highest BCUT2D eigenvalue weighted by molar-refractivity contribution is 7.80. The van der Waals surface area contributed by atoms with Crippen LogP contribution in [0.2, 0.25) is 5.02 Å². The van der Waals surface area contributed by atoms with Crippen LogP contribution in [0.4, 0.5) is 0 Å². The van der Waals surface area contributed by atoms with Crippen molar-refractivity contribution in [2.75, 3.05) is 6.54 Å². The molecule has 0 aromatic heterocycles. The Hall–Kier alpha value is -1.13. The van der Waals surface area contributed by atoms with Gasteiger partial charge in [-0.1, -0.05) is 23.8 Å². The van der Waals surface area contributed by atoms with Gasteiger partial charge in [0.25, 0.3) is 5.91 Å². The average molecular weight is 271 g/mol. The summed E-state index contributed by atoms with van der Waals surface area (Å²) in [6.07, 6.45) is 1.41. The molecule has 1 aromatic carbocycles. The Morgan fingerprint density at radius 1 is 1.53 bits per heavy atom. The number of carbonyl (C=O) groups excluding carboxylic acids is 1. The quantitative estimate of drug-likeness (QED) is 0.638. The minimum absolute atomic E-state index is 0.104. The Morgan fingerprint density at radius 2 is 2.24 bits per heavy atom. The lowest BCUT2D eigenvalue weighted by atomic mass is 10.1. The van der Waals surface area contributed by atoms with Crippen molar-refractivity contribution < 1.29 is 4.79 Å². The highest BCUT2D eigenvalue weighted by Crippen LogP contribution is 2.16. The Bertz CT molecular complexity index is 435. The van der Waals surface area contributed by atoms with Gasteiger partial charge in [0.05, 0.1) is 4.99 Å². The zero-order valence-electron chi connectivity index (χ0n) is 9.63. The summed E-state index contributed by atoms with van der Waals surface area (Å²) in [5.74, 6) is -0.104. The summed E-state index contributed by atoms with van der Waals surface area (Å²) >= 11 is 10.6. The third-order valence-corrected chi connectivity index (χ3v) is 2.93. The molecule has 1 aromatic rings. The van der Waals surface area contributed by atoms with Crippen LogP contribution >= 0.6 is 23.8 Å². The Labute approximate surface area is 111 Å². The third kappa shape index (κ3) is 4.71. The molecular weight excluding hydrogens is 256 g/mol. The number of hydrogen-bond donors (Lipinski definition) is 2. The topological polar surface area (TPSA) is 55.1 Å². The fourth-order valence-corrected chi connectivity index (χ4v) is 1.61. The molecule has 0 spiro atoms. The molecule has 0 radical (unpaired) electrons. The molecule has 0 saturated heterocycles. The first-order valence-corrected chi connectivity index (χ1v) is 6.12. The zero-order valence-corrected chi connectivity index (χ0v) is 11.2. The van der Waals surface area contributed by atoms with Crippen molar-refractivity contribution in [2.45, 2.75) is 19.8 Å². The molecule has 0 bridgehead atoms. The first kappa shape index (κ1) is 13.9. The van der Waals surface area contributed by atoms with Crippen molar-refractivity contribution in [1.82, 2.24) is 5.32 Å². The van der Waals surface area contributed by atoms with E-state index in [1.165, 1.54) is 0 Å². The van der Waals surface area contributed by atoms with Gasteiger partial charge in [0, 0.05) is 17.1 Å². The van der Waals surface area contributed by atoms with E-state index in [1.54, 1.807) is 18.2 Å². The molecule has 5 heteroatoms. The highest BCUT2D eigenvalue weighted by atomic mass is 35.5. The molecule has 0 fully saturated rings. The first-order chi connectivity index (χ1) is 8.00. The van der Waals surface area contributed by atoms with Crippen LogP contribution in [-0.2, 0) is 0 Å². The van der Waals surface area contributed by atoms with E-state index in [2.05, 4.69) is 5.32 Å². The summed E-state index contributed by atoms with van der Waals surface area (Å²) in [6, 6.07) is 5.20. The molecule has 3 nitrogen and oxygen atoms in total. The number of nitrogens with one attached hydrogen (secondary N) is 1. The molecule has 1 rings (SSSR count). The van der Waals surface area contributed by atoms with Gasteiger partial charge in [0.2, 0.25) is 0 Å². The highest BCUT2D eigenvalue weighted by Gasteiger charge is 2.06. The SMILES string of the molecule is Cc1cc(C(=O)NCCCC(N)=S)ccc1Cl. The monoisotopic (exact) mass is 270 g/mol. The summed E-state index contributed by atoms with van der Waals surface area (Å²) in [5.41, 5.74) is 6.87. The molecule has 3 N–H and O–H groups in total. The second kappa shape index (κ2) is 6.57. The minimum Gasteiger partial charge on any atom is -0.393 e. The summed E-state index contributed by atoms with van der Waals surface area (Å²) in [4.78, 5) is 12.2. The van der Waals surface area contributed by atoms with Gasteiger partial charge in [0.15, 0.2) is 0 Å². The van der Waals surface area contributed by atoms with Crippen molar-refractivity contribution in [2.24, 2.45) is 5.73 Å². The van der Waals surface area contributed by atoms with Gasteiger partial charge in [-0.2, -0.15) is 0 Å². The predicted octanol–water partition coefficient (Wildman–Crippen LogP) is 2.44. The maximum atomic E-state index is 11.7. The van der Waals surface area contributed by atoms with Gasteiger partial charge in [-0.25, -0.2) is 0 Å². The van der Waals surface area contributed by atoms with E-state index < -0.39 is 0 Å². The molecule has 0 heterocycles. The van der Waals surface area contributed by atoms with Gasteiger partial charge in [-0.05, 0) is 43.5 Å². The lowest BCUT2D eigenvalue weighted by Gasteiger charge is -2.06. The van der Waals surface area contributed by atoms with Gasteiger partial charge >= 0.3 is 0 Å². The van der Waals surface area contributed by atoms with E-state index in [4.69, 9.17) is 29.6 Å². The van der Waals surface area contributed by atoms with Gasteiger partial charge in [-0.15, -0.1) is 0 Å². The standard InChI is InChI=1S/C12H15ClN2OS/c1-8-7-9(4-5-10(8)13)12(16)15-6-2-3-11(14)17/h4-5,7H,2-3,6H2,1H3,(H2,14,17)(H,15,16). The number of thiocarbonyl (C=S) groups is 1. The number of benzene rings is 1. The maximum absolute atomic E-state index is 11.7. The summed E-state index contributed by atoms with van der Waals surface area (Å²) in [6.45, 7) is 2.43. The molecule has 0 aliphatic carbocycles. The van der Waals surface area contributed by atoms with Gasteiger partial charge in [-0.3, -0.25) is 4.79 Å². The fourth-order valence-electron chi connectivity index (χ4n) is 1.35. The number of nitrogens with two attached hydrogens (primary N) is 1. The Balaban J connectivity index is 2.47. The average Bonchev–Trinajstić information content (AvgIpc) is 2.27. The van der Waals surface area contributed by atoms with Crippen LogP contribution in [0.15, 0.2) is 18.2 Å². The van der Waals surface area contributed by atoms with Crippen LogP contribution < -0.4 is 11.1 Å². The van der Waals surface area contributed by atoms with Crippen molar-refractivity contribution in [3.05, 3.63) is 34.3 Å². The van der Waals surface area contributed by atoms with Crippen LogP contribution in [0.3, 0.4) is 0 Å². The normalized spacial score (nSPS) is 10.0. The molecular formula is C12H15ClN2OS. The zero-order chi connectivity index (χ0) is 12.8. The number of hydrogen-bond acceptors (Lipinski definition) is 2. The van der Waals surface area contributed by atoms with Crippen LogP contribution in [-0.4, -0.2) is 17.4 Å². The van der Waals surface area contributed by atoms with Crippen LogP contribution in [0.25, 0.3) is 0 Å². The van der Waals surface area contributed by atoms with Crippen molar-refractivity contribution in [3.8, 4) is 0 Å². The van der Waals surface area contributed by atoms with E-state index >= 15 is 0 Å². The lowest BCUT2D eigenvalue weighted by Crippen LogP contribution is -2.25. The van der Waals surface area contributed by atoms with E-state index in [0.29, 0.717) is 28.5 Å². The van der Waals surface area contributed by atoms with Crippen molar-refractivity contribution >= 4 is 34.7 Å². The van der Waals surface area contributed by atoms with E-state index in [1.807, 2.05) is 6.92 Å². The van der Waals surface area contributed by atoms with Gasteiger partial charge in [0.1, 0.15) is 0 Å². The number of carbonyl (C=O) groups is 1. The molecule has 0 atom stereocenters. The molecule has 92 valence electrons. The Morgan fingerprint density at radius 3 is 2.82 bits per heavy atom. The number of aryl methyl sites for hydroxylation is 1. The van der Waals surface area contributed by atoms with Crippen LogP contribution in [0, 0.1) is 6.92 Å². The molecule has 17 heavy (non-hydrogen) atoms. The van der Waals surface area contributed by atoms with E-state index in [9.17, 15) is 4.79 Å². The Kier molecular flexibility index (Phi) is 5.38. The number of halogens is 1. The third-order valence-electron chi connectivity index (χ3n) is 2.31. The predicted molar refractivity (Wildman–Crippen MR) is 74.5 cm³/mol. The molecule has 0 saturated carbocycles. The second-order valence-corrected chi connectivity index (χ2v) is 4.72. The van der Waals surface area contributed by atoms with E-state index in [-0.39, 0.29) is 5.91 Å². The molecule has 0 unspecified atom stereocenters. The van der Waals surface area contributed by atoms with Crippen molar-refractivity contribution in [3.63, 3.8) is 0 Å². The smallest absolute Gasteiger partial charge is 0.251 e. The van der Waals surface area contributed by atoms with E-state index in [0.717, 1.165) is 12.0 Å². The summed E-state index contributed by atoms with van der Waals surface area (Å²) in [7, 11) is 0. The fraction of sp³-hybridized carbons (Fsp3) is 0.333.